The second kappa shape index (κ2) is 9.45. The lowest BCUT2D eigenvalue weighted by atomic mass is 9.84. The maximum absolute atomic E-state index is 10.8. The Morgan fingerprint density at radius 2 is 1.79 bits per heavy atom. The monoisotopic (exact) mass is 393 g/mol. The van der Waals surface area contributed by atoms with Crippen molar-refractivity contribution in [3.8, 4) is 5.75 Å². The molecule has 0 fully saturated rings. The number of aliphatic carboxylic acids is 1. The highest BCUT2D eigenvalue weighted by molar-refractivity contribution is 5.66. The third-order valence-corrected chi connectivity index (χ3v) is 6.39. The number of carboxylic acids is 1. The molecule has 1 heterocycles. The predicted molar refractivity (Wildman–Crippen MR) is 115 cm³/mol. The molecule has 1 unspecified atom stereocenters. The van der Waals surface area contributed by atoms with E-state index in [4.69, 9.17) is 9.84 Å². The van der Waals surface area contributed by atoms with Gasteiger partial charge in [-0.25, -0.2) is 0 Å². The Labute approximate surface area is 173 Å². The molecule has 0 amide bonds. The lowest BCUT2D eigenvalue weighted by Crippen LogP contribution is -2.28. The van der Waals surface area contributed by atoms with Crippen LogP contribution in [0.3, 0.4) is 0 Å². The van der Waals surface area contributed by atoms with Crippen molar-refractivity contribution in [1.82, 2.24) is 4.90 Å². The summed E-state index contributed by atoms with van der Waals surface area (Å²) >= 11 is 0. The van der Waals surface area contributed by atoms with Crippen molar-refractivity contribution < 1.29 is 14.6 Å². The van der Waals surface area contributed by atoms with Crippen molar-refractivity contribution in [1.29, 1.82) is 0 Å². The highest BCUT2D eigenvalue weighted by atomic mass is 16.5. The summed E-state index contributed by atoms with van der Waals surface area (Å²) in [5.74, 6) is 0.928. The smallest absolute Gasteiger partial charge is 0.303 e. The maximum atomic E-state index is 10.8. The third-order valence-electron chi connectivity index (χ3n) is 6.39. The molecule has 0 saturated heterocycles. The van der Waals surface area contributed by atoms with Gasteiger partial charge in [-0.05, 0) is 79.3 Å². The van der Waals surface area contributed by atoms with Crippen molar-refractivity contribution >= 4 is 5.97 Å². The number of aryl methyl sites for hydroxylation is 1. The van der Waals surface area contributed by atoms with Crippen molar-refractivity contribution in [3.63, 3.8) is 0 Å². The zero-order valence-corrected chi connectivity index (χ0v) is 17.1. The van der Waals surface area contributed by atoms with Crippen LogP contribution in [0.2, 0.25) is 0 Å². The van der Waals surface area contributed by atoms with E-state index in [1.165, 1.54) is 28.7 Å². The molecule has 4 rings (SSSR count). The molecule has 0 aromatic heterocycles. The van der Waals surface area contributed by atoms with Crippen LogP contribution in [-0.2, 0) is 30.5 Å². The van der Waals surface area contributed by atoms with Crippen LogP contribution in [0, 0.1) is 5.92 Å². The average Bonchev–Trinajstić information content (AvgIpc) is 2.95. The van der Waals surface area contributed by atoms with Gasteiger partial charge in [-0.1, -0.05) is 36.4 Å². The minimum atomic E-state index is -0.705. The fourth-order valence-corrected chi connectivity index (χ4v) is 4.73. The van der Waals surface area contributed by atoms with Gasteiger partial charge in [-0.15, -0.1) is 0 Å². The van der Waals surface area contributed by atoms with Crippen LogP contribution in [0.25, 0.3) is 0 Å². The first-order valence-electron chi connectivity index (χ1n) is 10.9. The number of hydrogen-bond donors (Lipinski definition) is 1. The van der Waals surface area contributed by atoms with E-state index in [2.05, 4.69) is 47.4 Å². The van der Waals surface area contributed by atoms with E-state index in [-0.39, 0.29) is 6.42 Å². The van der Waals surface area contributed by atoms with E-state index in [9.17, 15) is 4.79 Å². The quantitative estimate of drug-likeness (QED) is 0.768. The Morgan fingerprint density at radius 1 is 1.00 bits per heavy atom. The van der Waals surface area contributed by atoms with Gasteiger partial charge >= 0.3 is 5.97 Å². The van der Waals surface area contributed by atoms with Crippen LogP contribution in [-0.4, -0.2) is 42.2 Å². The molecule has 2 aromatic carbocycles. The van der Waals surface area contributed by atoms with Crippen molar-refractivity contribution in [2.45, 2.75) is 44.9 Å². The number of ether oxygens (including phenoxy) is 1. The van der Waals surface area contributed by atoms with E-state index < -0.39 is 5.97 Å². The zero-order valence-electron chi connectivity index (χ0n) is 17.1. The van der Waals surface area contributed by atoms with Crippen LogP contribution >= 0.6 is 0 Å². The molecular formula is C25H31NO3. The van der Waals surface area contributed by atoms with Gasteiger partial charge in [0.2, 0.25) is 0 Å². The molecule has 4 heteroatoms. The topological polar surface area (TPSA) is 49.8 Å². The maximum Gasteiger partial charge on any atom is 0.303 e. The van der Waals surface area contributed by atoms with Crippen LogP contribution in [0.15, 0.2) is 42.5 Å². The van der Waals surface area contributed by atoms with E-state index >= 15 is 0 Å². The fraction of sp³-hybridized carbons (Fsp3) is 0.480. The standard InChI is InChI=1S/C25H31NO3/c27-25(28)9-4-14-26-15-12-21-7-3-8-24(23(21)13-16-26)29-18-19-10-11-20-5-1-2-6-22(20)17-19/h1-3,5-8,19H,4,9-18H2,(H,27,28). The first-order valence-corrected chi connectivity index (χ1v) is 10.9. The summed E-state index contributed by atoms with van der Waals surface area (Å²) in [4.78, 5) is 13.2. The molecule has 2 aliphatic rings. The highest BCUT2D eigenvalue weighted by Crippen LogP contribution is 2.29. The van der Waals surface area contributed by atoms with Crippen LogP contribution < -0.4 is 4.74 Å². The average molecular weight is 394 g/mol. The molecule has 2 aromatic rings. The molecule has 1 aliphatic carbocycles. The largest absolute Gasteiger partial charge is 0.493 e. The first-order chi connectivity index (χ1) is 14.2. The molecule has 0 spiro atoms. The van der Waals surface area contributed by atoms with E-state index in [1.54, 1.807) is 0 Å². The molecule has 0 saturated carbocycles. The summed E-state index contributed by atoms with van der Waals surface area (Å²) in [5, 5.41) is 8.86. The molecule has 154 valence electrons. The minimum Gasteiger partial charge on any atom is -0.493 e. The van der Waals surface area contributed by atoms with E-state index in [0.29, 0.717) is 5.92 Å². The zero-order chi connectivity index (χ0) is 20.1. The number of carboxylic acid groups (broad SMARTS) is 1. The van der Waals surface area contributed by atoms with Gasteiger partial charge in [0.1, 0.15) is 5.75 Å². The summed E-state index contributed by atoms with van der Waals surface area (Å²) < 4.78 is 6.37. The van der Waals surface area contributed by atoms with Gasteiger partial charge in [-0.2, -0.15) is 0 Å². The molecule has 1 atom stereocenters. The van der Waals surface area contributed by atoms with Gasteiger partial charge in [-0.3, -0.25) is 4.79 Å². The number of carbonyl (C=O) groups is 1. The summed E-state index contributed by atoms with van der Waals surface area (Å²) in [6.45, 7) is 3.62. The second-order valence-corrected chi connectivity index (χ2v) is 8.42. The van der Waals surface area contributed by atoms with Gasteiger partial charge in [0.15, 0.2) is 0 Å². The van der Waals surface area contributed by atoms with E-state index in [1.807, 2.05) is 0 Å². The Bertz CT molecular complexity index is 848. The number of benzene rings is 2. The highest BCUT2D eigenvalue weighted by Gasteiger charge is 2.21. The third kappa shape index (κ3) is 5.18. The van der Waals surface area contributed by atoms with Gasteiger partial charge in [0.05, 0.1) is 6.61 Å². The molecule has 1 aliphatic heterocycles. The predicted octanol–water partition coefficient (Wildman–Crippen LogP) is 4.14. The summed E-state index contributed by atoms with van der Waals surface area (Å²) in [6, 6.07) is 15.3. The summed E-state index contributed by atoms with van der Waals surface area (Å²) in [5.41, 5.74) is 5.72. The fourth-order valence-electron chi connectivity index (χ4n) is 4.73. The number of hydrogen-bond acceptors (Lipinski definition) is 3. The normalized spacial score (nSPS) is 19.1. The number of rotatable bonds is 7. The van der Waals surface area contributed by atoms with Crippen LogP contribution in [0.5, 0.6) is 5.75 Å². The Morgan fingerprint density at radius 3 is 2.66 bits per heavy atom. The van der Waals surface area contributed by atoms with E-state index in [0.717, 1.165) is 64.1 Å². The summed E-state index contributed by atoms with van der Waals surface area (Å²) in [7, 11) is 0. The Hall–Kier alpha value is -2.33. The van der Waals surface area contributed by atoms with Crippen molar-refractivity contribution in [2.24, 2.45) is 5.92 Å². The lowest BCUT2D eigenvalue weighted by molar-refractivity contribution is -0.137. The molecular weight excluding hydrogens is 362 g/mol. The molecule has 4 nitrogen and oxygen atoms in total. The van der Waals surface area contributed by atoms with Crippen LogP contribution in [0.1, 0.15) is 41.5 Å². The molecule has 29 heavy (non-hydrogen) atoms. The first kappa shape index (κ1) is 20.0. The molecule has 0 radical (unpaired) electrons. The second-order valence-electron chi connectivity index (χ2n) is 8.42. The Kier molecular flexibility index (Phi) is 6.50. The minimum absolute atomic E-state index is 0.252. The van der Waals surface area contributed by atoms with Gasteiger partial charge in [0.25, 0.3) is 0 Å². The van der Waals surface area contributed by atoms with Gasteiger partial charge in [0, 0.05) is 19.5 Å². The lowest BCUT2D eigenvalue weighted by Gasteiger charge is -2.25. The molecule has 0 bridgehead atoms. The number of fused-ring (bicyclic) bond motifs is 2. The Balaban J connectivity index is 1.34. The molecule has 1 N–H and O–H groups in total. The SMILES string of the molecule is O=C(O)CCCN1CCc2cccc(OCC3CCc4ccccc4C3)c2CC1. The van der Waals surface area contributed by atoms with Gasteiger partial charge < -0.3 is 14.7 Å². The van der Waals surface area contributed by atoms with Crippen molar-refractivity contribution in [3.05, 3.63) is 64.7 Å². The number of nitrogens with zero attached hydrogens (tertiary/aromatic N) is 1. The van der Waals surface area contributed by atoms with Crippen molar-refractivity contribution in [2.75, 3.05) is 26.2 Å². The summed E-state index contributed by atoms with van der Waals surface area (Å²) in [6.07, 6.45) is 6.43. The van der Waals surface area contributed by atoms with Crippen LogP contribution in [0.4, 0.5) is 0 Å².